The second-order valence-electron chi connectivity index (χ2n) is 6.84. The smallest absolute Gasteiger partial charge is 0.347 e. The maximum absolute atomic E-state index is 12.7. The number of phosphoric acid groups is 1. The molecule has 4 rings (SSSR count). The van der Waals surface area contributed by atoms with Crippen LogP contribution in [0.2, 0.25) is 0 Å². The molecule has 3 fully saturated rings. The Hall–Kier alpha value is -1.29. The highest BCUT2D eigenvalue weighted by Gasteiger charge is 2.59. The second-order valence-corrected chi connectivity index (χ2v) is 8.41. The number of nitrogens with zero attached hydrogens (tertiary/aromatic N) is 1. The zero-order valence-corrected chi connectivity index (χ0v) is 14.5. The molecule has 1 saturated carbocycles. The molecule has 2 saturated heterocycles. The highest BCUT2D eigenvalue weighted by molar-refractivity contribution is 7.48. The van der Waals surface area contributed by atoms with E-state index in [1.165, 1.54) is 16.8 Å². The summed E-state index contributed by atoms with van der Waals surface area (Å²) in [5.41, 5.74) is 4.02. The van der Waals surface area contributed by atoms with Crippen LogP contribution in [0.15, 0.2) is 21.9 Å². The molecule has 2 unspecified atom stereocenters. The average molecular weight is 373 g/mol. The summed E-state index contributed by atoms with van der Waals surface area (Å²) in [6.07, 6.45) is 1.53. The topological polar surface area (TPSA) is 135 Å². The minimum atomic E-state index is -3.73. The fraction of sp³-hybridized carbons (Fsp3) is 0.714. The Bertz CT molecular complexity index is 830. The van der Waals surface area contributed by atoms with Gasteiger partial charge >= 0.3 is 13.5 Å². The second kappa shape index (κ2) is 5.87. The van der Waals surface area contributed by atoms with Crippen molar-refractivity contribution < 1.29 is 22.9 Å². The number of hydrogen-bond donors (Lipinski definition) is 2. The van der Waals surface area contributed by atoms with E-state index in [0.29, 0.717) is 0 Å². The summed E-state index contributed by atoms with van der Waals surface area (Å²) in [5, 5.41) is 0. The number of aromatic nitrogens is 2. The Labute approximate surface area is 142 Å². The van der Waals surface area contributed by atoms with Gasteiger partial charge in [0.25, 0.3) is 5.56 Å². The first-order valence-corrected chi connectivity index (χ1v) is 9.62. The zero-order valence-electron chi connectivity index (χ0n) is 13.6. The Morgan fingerprint density at radius 1 is 1.44 bits per heavy atom. The molecule has 0 bridgehead atoms. The Morgan fingerprint density at radius 3 is 2.84 bits per heavy atom. The molecule has 1 aliphatic carbocycles. The number of fused-ring (bicyclic) bond motifs is 1. The lowest BCUT2D eigenvalue weighted by Gasteiger charge is -2.38. The molecule has 3 N–H and O–H groups in total. The molecular formula is C14H20N3O7P. The van der Waals surface area contributed by atoms with E-state index in [9.17, 15) is 14.2 Å². The lowest BCUT2D eigenvalue weighted by atomic mass is 9.93. The Balaban J connectivity index is 1.60. The number of hydrogen-bond acceptors (Lipinski definition) is 8. The third kappa shape index (κ3) is 2.92. The average Bonchev–Trinajstić information content (AvgIpc) is 2.75. The molecule has 3 heterocycles. The van der Waals surface area contributed by atoms with Gasteiger partial charge in [-0.1, -0.05) is 0 Å². The number of aromatic amines is 1. The number of ether oxygens (including phenoxy) is 1. The van der Waals surface area contributed by atoms with Crippen LogP contribution in [0.3, 0.4) is 0 Å². The van der Waals surface area contributed by atoms with Crippen LogP contribution in [0, 0.1) is 0 Å². The largest absolute Gasteiger partial charge is 0.475 e. The van der Waals surface area contributed by atoms with Gasteiger partial charge in [-0.2, -0.15) is 0 Å². The molecule has 138 valence electrons. The van der Waals surface area contributed by atoms with E-state index in [1.807, 2.05) is 0 Å². The van der Waals surface area contributed by atoms with Crippen LogP contribution < -0.4 is 17.0 Å². The minimum Gasteiger partial charge on any atom is -0.347 e. The van der Waals surface area contributed by atoms with Crippen molar-refractivity contribution in [3.8, 4) is 0 Å². The van der Waals surface area contributed by atoms with E-state index >= 15 is 0 Å². The summed E-state index contributed by atoms with van der Waals surface area (Å²) in [5.74, 6) is 0. The standard InChI is InChI=1S/C14H20N3O7P/c1-14(15)11-9(7-21-25(20,24-11)23-8-3-2-4-8)22-12(14)17-6-5-10(18)16-13(17)19/h5-6,8-9,11-12H,2-4,7,15H2,1H3,(H,16,18,19)/t9-,11?,12?,14-,25+/m1/s1. The van der Waals surface area contributed by atoms with Crippen molar-refractivity contribution in [3.63, 3.8) is 0 Å². The first-order chi connectivity index (χ1) is 11.8. The number of nitrogens with two attached hydrogens (primary N) is 1. The fourth-order valence-electron chi connectivity index (χ4n) is 3.26. The van der Waals surface area contributed by atoms with Crippen LogP contribution in [-0.2, 0) is 22.9 Å². The molecule has 5 atom stereocenters. The lowest BCUT2D eigenvalue weighted by Crippen LogP contribution is -2.55. The van der Waals surface area contributed by atoms with Crippen LogP contribution in [0.25, 0.3) is 0 Å². The van der Waals surface area contributed by atoms with Crippen molar-refractivity contribution in [1.29, 1.82) is 0 Å². The zero-order chi connectivity index (χ0) is 17.8. The van der Waals surface area contributed by atoms with Crippen molar-refractivity contribution >= 4 is 7.82 Å². The van der Waals surface area contributed by atoms with Crippen LogP contribution in [0.4, 0.5) is 0 Å². The van der Waals surface area contributed by atoms with Gasteiger partial charge in [0.15, 0.2) is 6.23 Å². The number of rotatable bonds is 3. The molecular weight excluding hydrogens is 353 g/mol. The Kier molecular flexibility index (Phi) is 4.02. The summed E-state index contributed by atoms with van der Waals surface area (Å²) in [6.45, 7) is 1.62. The van der Waals surface area contributed by atoms with Crippen molar-refractivity contribution in [1.82, 2.24) is 9.55 Å². The number of phosphoric ester groups is 1. The molecule has 10 nitrogen and oxygen atoms in total. The predicted molar refractivity (Wildman–Crippen MR) is 85.0 cm³/mol. The van der Waals surface area contributed by atoms with E-state index in [2.05, 4.69) is 4.98 Å². The highest BCUT2D eigenvalue weighted by Crippen LogP contribution is 2.59. The summed E-state index contributed by atoms with van der Waals surface area (Å²) in [4.78, 5) is 25.5. The van der Waals surface area contributed by atoms with Crippen molar-refractivity contribution in [2.45, 2.75) is 56.3 Å². The van der Waals surface area contributed by atoms with Crippen molar-refractivity contribution in [2.75, 3.05) is 6.61 Å². The van der Waals surface area contributed by atoms with Gasteiger partial charge < -0.3 is 10.5 Å². The molecule has 0 spiro atoms. The molecule has 3 aliphatic rings. The summed E-state index contributed by atoms with van der Waals surface area (Å²) in [6, 6.07) is 1.20. The molecule has 0 aromatic carbocycles. The van der Waals surface area contributed by atoms with Crippen LogP contribution in [0.5, 0.6) is 0 Å². The SMILES string of the molecule is C[C@@]1(N)C2O[P@](=O)(OC3CCC3)OC[C@H]2OC1n1ccc(=O)[nH]c1=O. The number of H-pyrrole nitrogens is 1. The molecule has 1 aromatic heterocycles. The molecule has 1 aromatic rings. The van der Waals surface area contributed by atoms with Gasteiger partial charge in [0, 0.05) is 12.3 Å². The van der Waals surface area contributed by atoms with Crippen LogP contribution in [0.1, 0.15) is 32.4 Å². The third-order valence-corrected chi connectivity index (χ3v) is 6.37. The van der Waals surface area contributed by atoms with Gasteiger partial charge in [-0.05, 0) is 26.2 Å². The molecule has 0 radical (unpaired) electrons. The normalized spacial score (nSPS) is 41.3. The lowest BCUT2D eigenvalue weighted by molar-refractivity contribution is -0.0800. The van der Waals surface area contributed by atoms with Crippen molar-refractivity contribution in [2.24, 2.45) is 5.73 Å². The monoisotopic (exact) mass is 373 g/mol. The van der Waals surface area contributed by atoms with Crippen molar-refractivity contribution in [3.05, 3.63) is 33.1 Å². The predicted octanol–water partition coefficient (Wildman–Crippen LogP) is 0.244. The van der Waals surface area contributed by atoms with E-state index in [1.54, 1.807) is 6.92 Å². The molecule has 25 heavy (non-hydrogen) atoms. The first kappa shape index (κ1) is 17.1. The van der Waals surface area contributed by atoms with E-state index in [0.717, 1.165) is 19.3 Å². The summed E-state index contributed by atoms with van der Waals surface area (Å²) < 4.78 is 36.1. The molecule has 0 amide bonds. The molecule has 11 heteroatoms. The highest BCUT2D eigenvalue weighted by atomic mass is 31.2. The van der Waals surface area contributed by atoms with Gasteiger partial charge in [-0.25, -0.2) is 9.36 Å². The van der Waals surface area contributed by atoms with Gasteiger partial charge in [0.2, 0.25) is 0 Å². The molecule has 2 aliphatic heterocycles. The minimum absolute atomic E-state index is 0.0178. The fourth-order valence-corrected chi connectivity index (χ4v) is 4.98. The van der Waals surface area contributed by atoms with Crippen LogP contribution in [-0.4, -0.2) is 40.0 Å². The third-order valence-electron chi connectivity index (χ3n) is 4.86. The summed E-state index contributed by atoms with van der Waals surface area (Å²) in [7, 11) is -3.73. The van der Waals surface area contributed by atoms with E-state index < -0.39 is 43.0 Å². The van der Waals surface area contributed by atoms with Crippen LogP contribution >= 0.6 is 7.82 Å². The number of nitrogens with one attached hydrogen (secondary N) is 1. The summed E-state index contributed by atoms with van der Waals surface area (Å²) >= 11 is 0. The van der Waals surface area contributed by atoms with Gasteiger partial charge in [0.1, 0.15) is 12.2 Å². The first-order valence-electron chi connectivity index (χ1n) is 8.16. The maximum atomic E-state index is 12.7. The maximum Gasteiger partial charge on any atom is 0.475 e. The quantitative estimate of drug-likeness (QED) is 0.720. The van der Waals surface area contributed by atoms with Gasteiger partial charge in [-0.15, -0.1) is 0 Å². The van der Waals surface area contributed by atoms with Gasteiger partial charge in [0.05, 0.1) is 18.2 Å². The van der Waals surface area contributed by atoms with Gasteiger partial charge in [-0.3, -0.25) is 27.9 Å². The Morgan fingerprint density at radius 2 is 2.20 bits per heavy atom. The van der Waals surface area contributed by atoms with E-state index in [4.69, 9.17) is 24.0 Å². The van der Waals surface area contributed by atoms with E-state index in [-0.39, 0.29) is 12.7 Å².